The van der Waals surface area contributed by atoms with Gasteiger partial charge in [-0.05, 0) is 47.6 Å². The van der Waals surface area contributed by atoms with E-state index >= 15 is 0 Å². The van der Waals surface area contributed by atoms with E-state index in [9.17, 15) is 14.0 Å². The molecule has 7 nitrogen and oxygen atoms in total. The SMILES string of the molecule is CC(C)(C)OC(=O)N(Cc1ccc(C(=N)N)cc1F)C(=O)OC(C)(C)C. The fourth-order valence-electron chi connectivity index (χ4n) is 1.85. The highest BCUT2D eigenvalue weighted by molar-refractivity contribution is 5.95. The molecule has 1 aromatic carbocycles. The Hall–Kier alpha value is -2.64. The van der Waals surface area contributed by atoms with Crippen LogP contribution in [0, 0.1) is 11.2 Å². The molecule has 0 radical (unpaired) electrons. The lowest BCUT2D eigenvalue weighted by molar-refractivity contribution is -0.000388. The maximum absolute atomic E-state index is 14.3. The monoisotopic (exact) mass is 367 g/mol. The summed E-state index contributed by atoms with van der Waals surface area (Å²) in [7, 11) is 0. The number of ether oxygens (including phenoxy) is 2. The summed E-state index contributed by atoms with van der Waals surface area (Å²) in [5.74, 6) is -0.985. The van der Waals surface area contributed by atoms with Crippen LogP contribution in [-0.2, 0) is 16.0 Å². The first-order valence-corrected chi connectivity index (χ1v) is 8.06. The van der Waals surface area contributed by atoms with Crippen LogP contribution in [0.25, 0.3) is 0 Å². The van der Waals surface area contributed by atoms with E-state index in [1.807, 2.05) is 0 Å². The first-order chi connectivity index (χ1) is 11.7. The van der Waals surface area contributed by atoms with Crippen LogP contribution in [0.5, 0.6) is 0 Å². The number of benzene rings is 1. The number of amidine groups is 1. The van der Waals surface area contributed by atoms with Crippen molar-refractivity contribution >= 4 is 18.0 Å². The number of amides is 2. The Morgan fingerprint density at radius 2 is 1.54 bits per heavy atom. The number of halogens is 1. The Bertz CT molecular complexity index is 677. The summed E-state index contributed by atoms with van der Waals surface area (Å²) in [6, 6.07) is 3.86. The summed E-state index contributed by atoms with van der Waals surface area (Å²) in [4.78, 5) is 25.5. The summed E-state index contributed by atoms with van der Waals surface area (Å²) in [6.45, 7) is 9.54. The molecule has 144 valence electrons. The van der Waals surface area contributed by atoms with Crippen molar-refractivity contribution in [2.75, 3.05) is 0 Å². The van der Waals surface area contributed by atoms with Gasteiger partial charge >= 0.3 is 12.2 Å². The molecule has 8 heteroatoms. The van der Waals surface area contributed by atoms with E-state index in [4.69, 9.17) is 20.6 Å². The number of nitrogen functional groups attached to an aromatic ring is 1. The third-order valence-corrected chi connectivity index (χ3v) is 2.92. The van der Waals surface area contributed by atoms with Crippen LogP contribution in [0.15, 0.2) is 18.2 Å². The van der Waals surface area contributed by atoms with Crippen LogP contribution < -0.4 is 5.73 Å². The largest absolute Gasteiger partial charge is 0.443 e. The van der Waals surface area contributed by atoms with Gasteiger partial charge in [-0.2, -0.15) is 0 Å². The minimum Gasteiger partial charge on any atom is -0.443 e. The van der Waals surface area contributed by atoms with Crippen LogP contribution in [0.2, 0.25) is 0 Å². The molecule has 1 aromatic rings. The molecule has 26 heavy (non-hydrogen) atoms. The predicted octanol–water partition coefficient (Wildman–Crippen LogP) is 3.78. The second-order valence-electron chi connectivity index (χ2n) is 7.77. The van der Waals surface area contributed by atoms with Gasteiger partial charge in [0.15, 0.2) is 0 Å². The van der Waals surface area contributed by atoms with Gasteiger partial charge in [0.1, 0.15) is 22.9 Å². The van der Waals surface area contributed by atoms with Crippen LogP contribution in [0.3, 0.4) is 0 Å². The lowest BCUT2D eigenvalue weighted by Crippen LogP contribution is -2.43. The molecular weight excluding hydrogens is 341 g/mol. The molecule has 0 saturated carbocycles. The van der Waals surface area contributed by atoms with Crippen molar-refractivity contribution < 1.29 is 23.5 Å². The van der Waals surface area contributed by atoms with Crippen LogP contribution in [0.4, 0.5) is 14.0 Å². The zero-order valence-corrected chi connectivity index (χ0v) is 16.0. The molecule has 0 aliphatic carbocycles. The zero-order chi connectivity index (χ0) is 20.3. The highest BCUT2D eigenvalue weighted by Gasteiger charge is 2.31. The average molecular weight is 367 g/mol. The van der Waals surface area contributed by atoms with Crippen molar-refractivity contribution in [1.29, 1.82) is 5.41 Å². The standard InChI is InChI=1S/C18H26FN3O4/c1-17(2,3)25-15(23)22(16(24)26-18(4,5)6)10-12-8-7-11(14(20)21)9-13(12)19/h7-9H,10H2,1-6H3,(H3,20,21). The van der Waals surface area contributed by atoms with Gasteiger partial charge in [0.25, 0.3) is 0 Å². The number of nitrogens with zero attached hydrogens (tertiary/aromatic N) is 1. The maximum atomic E-state index is 14.3. The second-order valence-corrected chi connectivity index (χ2v) is 7.77. The van der Waals surface area contributed by atoms with E-state index < -0.39 is 29.2 Å². The van der Waals surface area contributed by atoms with E-state index in [-0.39, 0.29) is 23.5 Å². The van der Waals surface area contributed by atoms with Gasteiger partial charge < -0.3 is 15.2 Å². The van der Waals surface area contributed by atoms with E-state index in [0.29, 0.717) is 4.90 Å². The fourth-order valence-corrected chi connectivity index (χ4v) is 1.85. The smallest absolute Gasteiger partial charge is 0.420 e. The van der Waals surface area contributed by atoms with Gasteiger partial charge in [-0.3, -0.25) is 5.41 Å². The summed E-state index contributed by atoms with van der Waals surface area (Å²) < 4.78 is 24.7. The summed E-state index contributed by atoms with van der Waals surface area (Å²) >= 11 is 0. The highest BCUT2D eigenvalue weighted by atomic mass is 19.1. The number of nitrogens with one attached hydrogen (secondary N) is 1. The van der Waals surface area contributed by atoms with Gasteiger partial charge in [-0.1, -0.05) is 12.1 Å². The third kappa shape index (κ3) is 6.70. The number of hydrogen-bond donors (Lipinski definition) is 2. The number of imide groups is 1. The van der Waals surface area contributed by atoms with E-state index in [1.54, 1.807) is 41.5 Å². The van der Waals surface area contributed by atoms with Gasteiger partial charge in [0.05, 0.1) is 6.54 Å². The van der Waals surface area contributed by atoms with Gasteiger partial charge in [-0.25, -0.2) is 18.9 Å². The molecule has 0 aliphatic rings. The molecule has 0 saturated heterocycles. The Labute approximate surface area is 152 Å². The molecule has 2 amide bonds. The highest BCUT2D eigenvalue weighted by Crippen LogP contribution is 2.19. The third-order valence-electron chi connectivity index (χ3n) is 2.92. The Morgan fingerprint density at radius 3 is 1.88 bits per heavy atom. The first-order valence-electron chi connectivity index (χ1n) is 8.06. The number of rotatable bonds is 3. The molecule has 0 bridgehead atoms. The van der Waals surface area contributed by atoms with Crippen molar-refractivity contribution in [3.8, 4) is 0 Å². The van der Waals surface area contributed by atoms with Crippen molar-refractivity contribution in [2.24, 2.45) is 5.73 Å². The van der Waals surface area contributed by atoms with E-state index in [1.165, 1.54) is 12.1 Å². The maximum Gasteiger partial charge on any atom is 0.420 e. The number of hydrogen-bond acceptors (Lipinski definition) is 5. The summed E-state index contributed by atoms with van der Waals surface area (Å²) in [5, 5.41) is 7.33. The average Bonchev–Trinajstić information content (AvgIpc) is 2.41. The molecule has 3 N–H and O–H groups in total. The molecule has 0 spiro atoms. The molecular formula is C18H26FN3O4. The number of carbonyl (C=O) groups is 2. The van der Waals surface area contributed by atoms with Crippen molar-refractivity contribution in [2.45, 2.75) is 59.3 Å². The normalized spacial score (nSPS) is 11.7. The fraction of sp³-hybridized carbons (Fsp3) is 0.500. The topological polar surface area (TPSA) is 106 Å². The van der Waals surface area contributed by atoms with E-state index in [0.717, 1.165) is 6.07 Å². The molecule has 0 aliphatic heterocycles. The Morgan fingerprint density at radius 1 is 1.08 bits per heavy atom. The van der Waals surface area contributed by atoms with Gasteiger partial charge in [0.2, 0.25) is 0 Å². The summed E-state index contributed by atoms with van der Waals surface area (Å²) in [5.41, 5.74) is 3.91. The molecule has 0 heterocycles. The summed E-state index contributed by atoms with van der Waals surface area (Å²) in [6.07, 6.45) is -1.89. The van der Waals surface area contributed by atoms with E-state index in [2.05, 4.69) is 0 Å². The second kappa shape index (κ2) is 7.72. The quantitative estimate of drug-likeness (QED) is 0.625. The lowest BCUT2D eigenvalue weighted by Gasteiger charge is -2.28. The van der Waals surface area contributed by atoms with Crippen LogP contribution in [0.1, 0.15) is 52.7 Å². The predicted molar refractivity (Wildman–Crippen MR) is 95.4 cm³/mol. The zero-order valence-electron chi connectivity index (χ0n) is 16.0. The number of nitrogens with two attached hydrogens (primary N) is 1. The molecule has 0 fully saturated rings. The van der Waals surface area contributed by atoms with Crippen LogP contribution >= 0.6 is 0 Å². The van der Waals surface area contributed by atoms with Crippen molar-refractivity contribution in [3.05, 3.63) is 35.1 Å². The van der Waals surface area contributed by atoms with Crippen LogP contribution in [-0.4, -0.2) is 34.1 Å². The van der Waals surface area contributed by atoms with Gasteiger partial charge in [0, 0.05) is 11.1 Å². The Balaban J connectivity index is 3.14. The molecule has 0 atom stereocenters. The molecule has 1 rings (SSSR count). The molecule has 0 aromatic heterocycles. The Kier molecular flexibility index (Phi) is 6.35. The lowest BCUT2D eigenvalue weighted by atomic mass is 10.1. The minimum absolute atomic E-state index is 0.0618. The number of carbonyl (C=O) groups excluding carboxylic acids is 2. The molecule has 0 unspecified atom stereocenters. The first kappa shape index (κ1) is 21.4. The van der Waals surface area contributed by atoms with Crippen molar-refractivity contribution in [1.82, 2.24) is 4.90 Å². The van der Waals surface area contributed by atoms with Crippen molar-refractivity contribution in [3.63, 3.8) is 0 Å². The van der Waals surface area contributed by atoms with Gasteiger partial charge in [-0.15, -0.1) is 0 Å². The minimum atomic E-state index is -0.943.